The van der Waals surface area contributed by atoms with Gasteiger partial charge in [-0.1, -0.05) is 30.3 Å². The number of hydrogen-bond acceptors (Lipinski definition) is 7. The summed E-state index contributed by atoms with van der Waals surface area (Å²) in [6.45, 7) is -0.431. The minimum Gasteiger partial charge on any atom is -0.493 e. The molecule has 0 radical (unpaired) electrons. The molecule has 0 unspecified atom stereocenters. The maximum atomic E-state index is 12.2. The van der Waals surface area contributed by atoms with E-state index < -0.39 is 18.5 Å². The Kier molecular flexibility index (Phi) is 7.88. The van der Waals surface area contributed by atoms with Gasteiger partial charge < -0.3 is 24.3 Å². The molecule has 0 atom stereocenters. The average molecular weight is 454 g/mol. The van der Waals surface area contributed by atoms with Crippen molar-refractivity contribution in [1.82, 2.24) is 0 Å². The zero-order valence-electron chi connectivity index (χ0n) is 17.9. The molecule has 166 valence electrons. The Hall–Kier alpha value is -3.78. The molecule has 1 aromatic heterocycles. The number of methoxy groups -OCH3 is 3. The van der Waals surface area contributed by atoms with Gasteiger partial charge in [0.1, 0.15) is 0 Å². The Bertz CT molecular complexity index is 1080. The van der Waals surface area contributed by atoms with Gasteiger partial charge in [-0.15, -0.1) is 11.3 Å². The number of carbonyl (C=O) groups excluding carboxylic acids is 2. The van der Waals surface area contributed by atoms with Crippen LogP contribution in [-0.2, 0) is 14.3 Å². The third-order valence-electron chi connectivity index (χ3n) is 4.36. The van der Waals surface area contributed by atoms with E-state index in [-0.39, 0.29) is 0 Å². The summed E-state index contributed by atoms with van der Waals surface area (Å²) in [4.78, 5) is 26.2. The van der Waals surface area contributed by atoms with Gasteiger partial charge in [-0.3, -0.25) is 4.79 Å². The van der Waals surface area contributed by atoms with Crippen molar-refractivity contribution < 1.29 is 28.5 Å². The van der Waals surface area contributed by atoms with Crippen LogP contribution in [0, 0.1) is 0 Å². The van der Waals surface area contributed by atoms with Crippen LogP contribution in [0.25, 0.3) is 16.5 Å². The molecular weight excluding hydrogens is 430 g/mol. The van der Waals surface area contributed by atoms with Crippen LogP contribution in [-0.4, -0.2) is 39.8 Å². The van der Waals surface area contributed by atoms with E-state index in [4.69, 9.17) is 18.9 Å². The average Bonchev–Trinajstić information content (AvgIpc) is 3.30. The maximum Gasteiger partial charge on any atom is 0.331 e. The van der Waals surface area contributed by atoms with Crippen molar-refractivity contribution in [2.75, 3.05) is 33.3 Å². The largest absolute Gasteiger partial charge is 0.493 e. The minimum absolute atomic E-state index is 0.396. The Labute approximate surface area is 190 Å². The standard InChI is InChI=1S/C24H23NO6S/c1-28-19-13-17(14-20(29-2)24(19)30-3)25-22(26)15-31-23(27)12-10-18-9-11-21(32-18)16-7-5-4-6-8-16/h4-14H,15H2,1-3H3,(H,25,26)/b12-10+. The topological polar surface area (TPSA) is 83.1 Å². The molecule has 1 N–H and O–H groups in total. The summed E-state index contributed by atoms with van der Waals surface area (Å²) < 4.78 is 20.8. The third kappa shape index (κ3) is 5.89. The van der Waals surface area contributed by atoms with E-state index in [2.05, 4.69) is 5.32 Å². The summed E-state index contributed by atoms with van der Waals surface area (Å²) in [5, 5.41) is 2.64. The van der Waals surface area contributed by atoms with Gasteiger partial charge in [0, 0.05) is 33.7 Å². The number of hydrogen-bond donors (Lipinski definition) is 1. The third-order valence-corrected chi connectivity index (χ3v) is 5.46. The Morgan fingerprint density at radius 3 is 2.25 bits per heavy atom. The van der Waals surface area contributed by atoms with Gasteiger partial charge in [0.15, 0.2) is 18.1 Å². The van der Waals surface area contributed by atoms with Gasteiger partial charge in [-0.2, -0.15) is 0 Å². The van der Waals surface area contributed by atoms with Gasteiger partial charge in [0.25, 0.3) is 5.91 Å². The fourth-order valence-electron chi connectivity index (χ4n) is 2.89. The highest BCUT2D eigenvalue weighted by molar-refractivity contribution is 7.16. The van der Waals surface area contributed by atoms with Gasteiger partial charge >= 0.3 is 5.97 Å². The minimum atomic E-state index is -0.611. The number of rotatable bonds is 9. The van der Waals surface area contributed by atoms with Gasteiger partial charge in [0.2, 0.25) is 5.75 Å². The number of nitrogens with one attached hydrogen (secondary N) is 1. The predicted octanol–water partition coefficient (Wildman–Crippen LogP) is 4.64. The van der Waals surface area contributed by atoms with E-state index in [9.17, 15) is 9.59 Å². The highest BCUT2D eigenvalue weighted by Crippen LogP contribution is 2.39. The van der Waals surface area contributed by atoms with Crippen molar-refractivity contribution in [1.29, 1.82) is 0 Å². The lowest BCUT2D eigenvalue weighted by Gasteiger charge is -2.14. The quantitative estimate of drug-likeness (QED) is 0.376. The highest BCUT2D eigenvalue weighted by Gasteiger charge is 2.15. The monoisotopic (exact) mass is 453 g/mol. The first kappa shape index (κ1) is 22.9. The van der Waals surface area contributed by atoms with Crippen LogP contribution >= 0.6 is 11.3 Å². The van der Waals surface area contributed by atoms with Gasteiger partial charge in [-0.05, 0) is 23.8 Å². The van der Waals surface area contributed by atoms with Crippen molar-refractivity contribution in [2.24, 2.45) is 0 Å². The summed E-state index contributed by atoms with van der Waals surface area (Å²) in [6, 6.07) is 17.1. The second kappa shape index (κ2) is 11.0. The smallest absolute Gasteiger partial charge is 0.331 e. The molecule has 0 fully saturated rings. The van der Waals surface area contributed by atoms with Crippen molar-refractivity contribution in [2.45, 2.75) is 0 Å². The molecule has 0 bridgehead atoms. The van der Waals surface area contributed by atoms with Crippen molar-refractivity contribution >= 4 is 35.0 Å². The normalized spacial score (nSPS) is 10.6. The van der Waals surface area contributed by atoms with E-state index in [1.165, 1.54) is 27.4 Å². The number of carbonyl (C=O) groups is 2. The molecule has 3 aromatic rings. The van der Waals surface area contributed by atoms with Crippen LogP contribution in [0.2, 0.25) is 0 Å². The SMILES string of the molecule is COc1cc(NC(=O)COC(=O)/C=C/c2ccc(-c3ccccc3)s2)cc(OC)c1OC. The Balaban J connectivity index is 1.54. The van der Waals surface area contributed by atoms with Crippen molar-refractivity contribution in [3.63, 3.8) is 0 Å². The molecule has 8 heteroatoms. The predicted molar refractivity (Wildman–Crippen MR) is 124 cm³/mol. The lowest BCUT2D eigenvalue weighted by molar-refractivity contribution is -0.142. The Morgan fingerprint density at radius 2 is 1.62 bits per heavy atom. The lowest BCUT2D eigenvalue weighted by Crippen LogP contribution is -2.20. The van der Waals surface area contributed by atoms with E-state index in [1.54, 1.807) is 29.5 Å². The summed E-state index contributed by atoms with van der Waals surface area (Å²) in [5.74, 6) is 0.0950. The molecule has 0 saturated carbocycles. The first-order chi connectivity index (χ1) is 15.5. The van der Waals surface area contributed by atoms with Crippen molar-refractivity contribution in [3.05, 3.63) is 65.6 Å². The molecule has 7 nitrogen and oxygen atoms in total. The first-order valence-corrected chi connectivity index (χ1v) is 10.5. The first-order valence-electron chi connectivity index (χ1n) is 9.64. The molecule has 2 aromatic carbocycles. The molecule has 0 aliphatic rings. The number of amides is 1. The van der Waals surface area contributed by atoms with Crippen LogP contribution in [0.3, 0.4) is 0 Å². The number of thiophene rings is 1. The maximum absolute atomic E-state index is 12.2. The number of anilines is 1. The van der Waals surface area contributed by atoms with Crippen LogP contribution in [0.4, 0.5) is 5.69 Å². The molecule has 3 rings (SSSR count). The summed E-state index contributed by atoms with van der Waals surface area (Å²) in [5.41, 5.74) is 1.53. The lowest BCUT2D eigenvalue weighted by atomic mass is 10.2. The van der Waals surface area contributed by atoms with E-state index in [0.717, 1.165) is 15.3 Å². The number of benzene rings is 2. The fraction of sp³-hybridized carbons (Fsp3) is 0.167. The van der Waals surface area contributed by atoms with Gasteiger partial charge in [-0.25, -0.2) is 4.79 Å². The van der Waals surface area contributed by atoms with Gasteiger partial charge in [0.05, 0.1) is 21.3 Å². The molecule has 0 aliphatic heterocycles. The number of ether oxygens (including phenoxy) is 4. The van der Waals surface area contributed by atoms with Crippen LogP contribution < -0.4 is 19.5 Å². The molecular formula is C24H23NO6S. The van der Waals surface area contributed by atoms with E-state index in [1.807, 2.05) is 42.5 Å². The summed E-state index contributed by atoms with van der Waals surface area (Å²) in [6.07, 6.45) is 2.96. The highest BCUT2D eigenvalue weighted by atomic mass is 32.1. The van der Waals surface area contributed by atoms with Crippen LogP contribution in [0.15, 0.2) is 60.7 Å². The van der Waals surface area contributed by atoms with Crippen molar-refractivity contribution in [3.8, 4) is 27.7 Å². The Morgan fingerprint density at radius 1 is 0.938 bits per heavy atom. The second-order valence-electron chi connectivity index (χ2n) is 6.47. The summed E-state index contributed by atoms with van der Waals surface area (Å²) in [7, 11) is 4.45. The molecule has 0 aliphatic carbocycles. The number of esters is 1. The molecule has 1 heterocycles. The molecule has 0 saturated heterocycles. The van der Waals surface area contributed by atoms with Crippen LogP contribution in [0.5, 0.6) is 17.2 Å². The summed E-state index contributed by atoms with van der Waals surface area (Å²) >= 11 is 1.56. The van der Waals surface area contributed by atoms with E-state index in [0.29, 0.717) is 22.9 Å². The zero-order chi connectivity index (χ0) is 22.9. The second-order valence-corrected chi connectivity index (χ2v) is 7.59. The zero-order valence-corrected chi connectivity index (χ0v) is 18.7. The molecule has 32 heavy (non-hydrogen) atoms. The fourth-order valence-corrected chi connectivity index (χ4v) is 3.80. The van der Waals surface area contributed by atoms with Crippen LogP contribution in [0.1, 0.15) is 4.88 Å². The molecule has 1 amide bonds. The van der Waals surface area contributed by atoms with E-state index >= 15 is 0 Å². The molecule has 0 spiro atoms.